The Labute approximate surface area is 129 Å². The Morgan fingerprint density at radius 3 is 3.00 bits per heavy atom. The van der Waals surface area contributed by atoms with Crippen molar-refractivity contribution in [2.45, 2.75) is 44.6 Å². The normalized spacial score (nSPS) is 21.1. The van der Waals surface area contributed by atoms with Crippen LogP contribution in [0.5, 0.6) is 0 Å². The highest BCUT2D eigenvalue weighted by Crippen LogP contribution is 2.34. The first kappa shape index (κ1) is 13.6. The number of nitrogens with zero attached hydrogens (tertiary/aromatic N) is 3. The monoisotopic (exact) mass is 299 g/mol. The maximum Gasteiger partial charge on any atom is 0.275 e. The molecule has 3 heterocycles. The van der Waals surface area contributed by atoms with E-state index in [9.17, 15) is 4.79 Å². The van der Waals surface area contributed by atoms with E-state index in [2.05, 4.69) is 5.10 Å². The fourth-order valence-corrected chi connectivity index (χ4v) is 3.87. The van der Waals surface area contributed by atoms with E-state index >= 15 is 0 Å². The van der Waals surface area contributed by atoms with Crippen molar-refractivity contribution in [3.05, 3.63) is 41.1 Å². The van der Waals surface area contributed by atoms with Crippen LogP contribution < -0.4 is 0 Å². The minimum atomic E-state index is 0.0590. The SMILES string of the molecule is Cn1nc(C(=O)N2CCCC2c2ccco2)c2c1CCCC2. The lowest BCUT2D eigenvalue weighted by atomic mass is 9.95. The standard InChI is InChI=1S/C17H21N3O2/c1-19-13-7-3-2-6-12(13)16(18-19)17(21)20-10-4-8-14(20)15-9-5-11-22-15/h5,9,11,14H,2-4,6-8,10H2,1H3. The van der Waals surface area contributed by atoms with Crippen molar-refractivity contribution in [1.29, 1.82) is 0 Å². The van der Waals surface area contributed by atoms with Crippen LogP contribution in [-0.2, 0) is 19.9 Å². The third-order valence-electron chi connectivity index (χ3n) is 4.95. The van der Waals surface area contributed by atoms with Crippen LogP contribution >= 0.6 is 0 Å². The van der Waals surface area contributed by atoms with Crippen LogP contribution in [-0.4, -0.2) is 27.1 Å². The topological polar surface area (TPSA) is 51.3 Å². The Hall–Kier alpha value is -2.04. The number of aryl methyl sites for hydroxylation is 1. The lowest BCUT2D eigenvalue weighted by Gasteiger charge is -2.23. The van der Waals surface area contributed by atoms with Crippen molar-refractivity contribution < 1.29 is 9.21 Å². The molecule has 0 saturated carbocycles. The number of carbonyl (C=O) groups is 1. The summed E-state index contributed by atoms with van der Waals surface area (Å²) in [7, 11) is 1.95. The predicted octanol–water partition coefficient (Wildman–Crippen LogP) is 2.87. The maximum atomic E-state index is 13.0. The van der Waals surface area contributed by atoms with E-state index in [1.807, 2.05) is 28.8 Å². The van der Waals surface area contributed by atoms with Crippen LogP contribution in [0, 0.1) is 0 Å². The van der Waals surface area contributed by atoms with Gasteiger partial charge < -0.3 is 9.32 Å². The Kier molecular flexibility index (Phi) is 3.28. The van der Waals surface area contributed by atoms with Crippen molar-refractivity contribution >= 4 is 5.91 Å². The molecule has 2 aromatic rings. The van der Waals surface area contributed by atoms with Gasteiger partial charge in [-0.05, 0) is 50.7 Å². The van der Waals surface area contributed by atoms with Crippen LogP contribution in [0.25, 0.3) is 0 Å². The number of rotatable bonds is 2. The molecule has 22 heavy (non-hydrogen) atoms. The Bertz CT molecular complexity index is 687. The van der Waals surface area contributed by atoms with Gasteiger partial charge in [0, 0.05) is 24.8 Å². The van der Waals surface area contributed by atoms with Gasteiger partial charge in [0.25, 0.3) is 5.91 Å². The van der Waals surface area contributed by atoms with E-state index in [1.165, 1.54) is 17.7 Å². The first-order valence-corrected chi connectivity index (χ1v) is 8.15. The van der Waals surface area contributed by atoms with Crippen molar-refractivity contribution in [3.63, 3.8) is 0 Å². The number of amides is 1. The van der Waals surface area contributed by atoms with Gasteiger partial charge in [-0.25, -0.2) is 0 Å². The van der Waals surface area contributed by atoms with Crippen LogP contribution in [0.1, 0.15) is 59.2 Å². The quantitative estimate of drug-likeness (QED) is 0.857. The minimum absolute atomic E-state index is 0.0590. The summed E-state index contributed by atoms with van der Waals surface area (Å²) < 4.78 is 7.43. The van der Waals surface area contributed by atoms with E-state index in [0.29, 0.717) is 5.69 Å². The molecule has 1 atom stereocenters. The molecule has 1 unspecified atom stereocenters. The molecule has 1 fully saturated rings. The third-order valence-corrected chi connectivity index (χ3v) is 4.95. The molecule has 2 aromatic heterocycles. The van der Waals surface area contributed by atoms with Gasteiger partial charge in [0.1, 0.15) is 5.76 Å². The van der Waals surface area contributed by atoms with E-state index in [4.69, 9.17) is 4.42 Å². The van der Waals surface area contributed by atoms with Crippen molar-refractivity contribution in [2.75, 3.05) is 6.54 Å². The summed E-state index contributed by atoms with van der Waals surface area (Å²) in [5.41, 5.74) is 3.07. The molecule has 4 rings (SSSR count). The van der Waals surface area contributed by atoms with Gasteiger partial charge in [0.15, 0.2) is 5.69 Å². The van der Waals surface area contributed by atoms with Gasteiger partial charge in [-0.15, -0.1) is 0 Å². The molecule has 2 aliphatic rings. The van der Waals surface area contributed by atoms with Crippen LogP contribution in [0.15, 0.2) is 22.8 Å². The van der Waals surface area contributed by atoms with Crippen molar-refractivity contribution in [3.8, 4) is 0 Å². The number of fused-ring (bicyclic) bond motifs is 1. The van der Waals surface area contributed by atoms with Gasteiger partial charge in [-0.1, -0.05) is 0 Å². The number of carbonyl (C=O) groups excluding carboxylic acids is 1. The fraction of sp³-hybridized carbons (Fsp3) is 0.529. The summed E-state index contributed by atoms with van der Waals surface area (Å²) in [4.78, 5) is 15.0. The molecule has 1 aliphatic carbocycles. The fourth-order valence-electron chi connectivity index (χ4n) is 3.87. The summed E-state index contributed by atoms with van der Waals surface area (Å²) >= 11 is 0. The molecule has 5 nitrogen and oxygen atoms in total. The van der Waals surface area contributed by atoms with Crippen molar-refractivity contribution in [2.24, 2.45) is 7.05 Å². The highest BCUT2D eigenvalue weighted by Gasteiger charge is 2.35. The number of aromatic nitrogens is 2. The average Bonchev–Trinajstić information content (AvgIpc) is 3.26. The summed E-state index contributed by atoms with van der Waals surface area (Å²) in [6.07, 6.45) is 8.02. The second kappa shape index (κ2) is 5.30. The molecule has 5 heteroatoms. The molecule has 0 spiro atoms. The summed E-state index contributed by atoms with van der Waals surface area (Å²) in [6, 6.07) is 3.91. The zero-order valence-corrected chi connectivity index (χ0v) is 12.9. The molecule has 1 saturated heterocycles. The van der Waals surface area contributed by atoms with E-state index in [0.717, 1.165) is 44.4 Å². The second-order valence-electron chi connectivity index (χ2n) is 6.28. The number of hydrogen-bond donors (Lipinski definition) is 0. The second-order valence-corrected chi connectivity index (χ2v) is 6.28. The number of hydrogen-bond acceptors (Lipinski definition) is 3. The van der Waals surface area contributed by atoms with Crippen LogP contribution in [0.2, 0.25) is 0 Å². The molecular weight excluding hydrogens is 278 g/mol. The lowest BCUT2D eigenvalue weighted by Crippen LogP contribution is -2.31. The van der Waals surface area contributed by atoms with Gasteiger partial charge in [0.2, 0.25) is 0 Å². The molecule has 1 aliphatic heterocycles. The highest BCUT2D eigenvalue weighted by molar-refractivity contribution is 5.94. The maximum absolute atomic E-state index is 13.0. The van der Waals surface area contributed by atoms with Gasteiger partial charge >= 0.3 is 0 Å². The molecule has 0 aromatic carbocycles. The zero-order valence-electron chi connectivity index (χ0n) is 12.9. The Morgan fingerprint density at radius 1 is 1.32 bits per heavy atom. The van der Waals surface area contributed by atoms with Gasteiger partial charge in [-0.3, -0.25) is 9.48 Å². The Morgan fingerprint density at radius 2 is 2.18 bits per heavy atom. The number of likely N-dealkylation sites (tertiary alicyclic amines) is 1. The first-order chi connectivity index (χ1) is 10.8. The highest BCUT2D eigenvalue weighted by atomic mass is 16.3. The Balaban J connectivity index is 1.67. The molecular formula is C17H21N3O2. The average molecular weight is 299 g/mol. The molecule has 116 valence electrons. The van der Waals surface area contributed by atoms with E-state index in [1.54, 1.807) is 6.26 Å². The molecule has 1 amide bonds. The number of furan rings is 1. The molecule has 0 bridgehead atoms. The largest absolute Gasteiger partial charge is 0.467 e. The third kappa shape index (κ3) is 2.07. The smallest absolute Gasteiger partial charge is 0.275 e. The van der Waals surface area contributed by atoms with Gasteiger partial charge in [0.05, 0.1) is 12.3 Å². The minimum Gasteiger partial charge on any atom is -0.467 e. The van der Waals surface area contributed by atoms with E-state index in [-0.39, 0.29) is 11.9 Å². The van der Waals surface area contributed by atoms with Crippen molar-refractivity contribution in [1.82, 2.24) is 14.7 Å². The van der Waals surface area contributed by atoms with Crippen LogP contribution in [0.4, 0.5) is 0 Å². The van der Waals surface area contributed by atoms with E-state index < -0.39 is 0 Å². The first-order valence-electron chi connectivity index (χ1n) is 8.15. The predicted molar refractivity (Wildman–Crippen MR) is 81.6 cm³/mol. The summed E-state index contributed by atoms with van der Waals surface area (Å²) in [5, 5.41) is 4.55. The molecule has 0 N–H and O–H groups in total. The van der Waals surface area contributed by atoms with Crippen LogP contribution in [0.3, 0.4) is 0 Å². The summed E-state index contributed by atoms with van der Waals surface area (Å²) in [6.45, 7) is 0.787. The zero-order chi connectivity index (χ0) is 15.1. The lowest BCUT2D eigenvalue weighted by molar-refractivity contribution is 0.0712. The summed E-state index contributed by atoms with van der Waals surface area (Å²) in [5.74, 6) is 0.952. The molecule has 0 radical (unpaired) electrons. The van der Waals surface area contributed by atoms with Gasteiger partial charge in [-0.2, -0.15) is 5.10 Å².